The Kier molecular flexibility index (Phi) is 2.95. The molecule has 0 unspecified atom stereocenters. The van der Waals surface area contributed by atoms with E-state index < -0.39 is 0 Å². The van der Waals surface area contributed by atoms with Crippen LogP contribution in [0.25, 0.3) is 0 Å². The van der Waals surface area contributed by atoms with Crippen LogP contribution in [-0.2, 0) is 11.2 Å². The van der Waals surface area contributed by atoms with Crippen molar-refractivity contribution in [1.29, 1.82) is 0 Å². The van der Waals surface area contributed by atoms with Gasteiger partial charge in [-0.25, -0.2) is 0 Å². The first-order chi connectivity index (χ1) is 9.20. The third-order valence-electron chi connectivity index (χ3n) is 3.18. The lowest BCUT2D eigenvalue weighted by atomic mass is 10.1. The number of hydrogen-bond donors (Lipinski definition) is 3. The Morgan fingerprint density at radius 1 is 1.37 bits per heavy atom. The van der Waals surface area contributed by atoms with Crippen LogP contribution in [0.2, 0.25) is 0 Å². The Balaban J connectivity index is 1.59. The first-order valence-corrected chi connectivity index (χ1v) is 6.34. The molecule has 1 heterocycles. The number of phenolic OH excluding ortho intramolecular Hbond substituents is 1. The highest BCUT2D eigenvalue weighted by Gasteiger charge is 2.25. The van der Waals surface area contributed by atoms with E-state index in [2.05, 4.69) is 15.5 Å². The molecule has 5 nitrogen and oxygen atoms in total. The molecule has 0 bridgehead atoms. The monoisotopic (exact) mass is 257 g/mol. The fourth-order valence-corrected chi connectivity index (χ4v) is 1.99. The van der Waals surface area contributed by atoms with Crippen LogP contribution in [0.1, 0.15) is 30.0 Å². The number of amides is 1. The summed E-state index contributed by atoms with van der Waals surface area (Å²) in [4.78, 5) is 11.8. The second-order valence-electron chi connectivity index (χ2n) is 4.87. The molecule has 1 fully saturated rings. The lowest BCUT2D eigenvalue weighted by molar-refractivity contribution is -0.115. The zero-order valence-electron chi connectivity index (χ0n) is 10.4. The molecule has 98 valence electrons. The van der Waals surface area contributed by atoms with E-state index >= 15 is 0 Å². The molecule has 1 saturated carbocycles. The highest BCUT2D eigenvalue weighted by molar-refractivity contribution is 5.91. The molecule has 1 aromatic carbocycles. The largest absolute Gasteiger partial charge is 0.508 e. The number of rotatable bonds is 4. The van der Waals surface area contributed by atoms with Crippen LogP contribution in [0.4, 0.5) is 5.82 Å². The van der Waals surface area contributed by atoms with E-state index in [1.165, 1.54) is 12.8 Å². The van der Waals surface area contributed by atoms with E-state index in [1.54, 1.807) is 24.3 Å². The van der Waals surface area contributed by atoms with E-state index in [0.29, 0.717) is 11.7 Å². The van der Waals surface area contributed by atoms with Crippen LogP contribution in [0.3, 0.4) is 0 Å². The predicted octanol–water partition coefficient (Wildman–Crippen LogP) is 2.17. The molecule has 0 radical (unpaired) electrons. The number of carbonyl (C=O) groups excluding carboxylic acids is 1. The highest BCUT2D eigenvalue weighted by atomic mass is 16.3. The SMILES string of the molecule is O=C(Cc1ccc(O)cc1)Nc1cc(C2CC2)[nH]n1. The van der Waals surface area contributed by atoms with Gasteiger partial charge in [0.25, 0.3) is 0 Å². The van der Waals surface area contributed by atoms with Crippen molar-refractivity contribution in [2.45, 2.75) is 25.2 Å². The van der Waals surface area contributed by atoms with Gasteiger partial charge in [-0.2, -0.15) is 5.10 Å². The minimum absolute atomic E-state index is 0.112. The van der Waals surface area contributed by atoms with Gasteiger partial charge in [-0.05, 0) is 30.5 Å². The van der Waals surface area contributed by atoms with Crippen molar-refractivity contribution in [2.24, 2.45) is 0 Å². The van der Waals surface area contributed by atoms with Crippen molar-refractivity contribution in [2.75, 3.05) is 5.32 Å². The van der Waals surface area contributed by atoms with Gasteiger partial charge in [-0.3, -0.25) is 9.89 Å². The predicted molar refractivity (Wildman–Crippen MR) is 71.0 cm³/mol. The van der Waals surface area contributed by atoms with Gasteiger partial charge in [0.15, 0.2) is 5.82 Å². The molecular weight excluding hydrogens is 242 g/mol. The van der Waals surface area contributed by atoms with Crippen LogP contribution in [-0.4, -0.2) is 21.2 Å². The first kappa shape index (κ1) is 11.8. The quantitative estimate of drug-likeness (QED) is 0.785. The van der Waals surface area contributed by atoms with Gasteiger partial charge in [0, 0.05) is 17.7 Å². The smallest absolute Gasteiger partial charge is 0.229 e. The van der Waals surface area contributed by atoms with Gasteiger partial charge in [0.2, 0.25) is 5.91 Å². The van der Waals surface area contributed by atoms with Crippen LogP contribution in [0, 0.1) is 0 Å². The van der Waals surface area contributed by atoms with E-state index in [9.17, 15) is 9.90 Å². The van der Waals surface area contributed by atoms with Gasteiger partial charge < -0.3 is 10.4 Å². The summed E-state index contributed by atoms with van der Waals surface area (Å²) in [7, 11) is 0. The molecule has 0 atom stereocenters. The second kappa shape index (κ2) is 4.76. The van der Waals surface area contributed by atoms with Crippen LogP contribution < -0.4 is 5.32 Å². The molecule has 5 heteroatoms. The summed E-state index contributed by atoms with van der Waals surface area (Å²) >= 11 is 0. The summed E-state index contributed by atoms with van der Waals surface area (Å²) in [5.74, 6) is 1.26. The third-order valence-corrected chi connectivity index (χ3v) is 3.18. The second-order valence-corrected chi connectivity index (χ2v) is 4.87. The van der Waals surface area contributed by atoms with Crippen molar-refractivity contribution < 1.29 is 9.90 Å². The van der Waals surface area contributed by atoms with Crippen LogP contribution in [0.15, 0.2) is 30.3 Å². The number of nitrogens with zero attached hydrogens (tertiary/aromatic N) is 1. The summed E-state index contributed by atoms with van der Waals surface area (Å²) in [6.07, 6.45) is 2.66. The number of H-pyrrole nitrogens is 1. The zero-order chi connectivity index (χ0) is 13.2. The molecule has 0 saturated heterocycles. The summed E-state index contributed by atoms with van der Waals surface area (Å²) in [6, 6.07) is 8.50. The van der Waals surface area contributed by atoms with E-state index in [4.69, 9.17) is 0 Å². The van der Waals surface area contributed by atoms with Crippen molar-refractivity contribution >= 4 is 11.7 Å². The molecule has 3 rings (SSSR count). The lowest BCUT2D eigenvalue weighted by Gasteiger charge is -2.02. The molecule has 1 aromatic heterocycles. The molecule has 1 aliphatic carbocycles. The fraction of sp³-hybridized carbons (Fsp3) is 0.286. The van der Waals surface area contributed by atoms with Crippen molar-refractivity contribution in [3.8, 4) is 5.75 Å². The Bertz CT molecular complexity index is 585. The average Bonchev–Trinajstić information content (AvgIpc) is 3.14. The number of aromatic nitrogens is 2. The normalized spacial score (nSPS) is 14.3. The Hall–Kier alpha value is -2.30. The zero-order valence-corrected chi connectivity index (χ0v) is 10.4. The topological polar surface area (TPSA) is 78.0 Å². The fourth-order valence-electron chi connectivity index (χ4n) is 1.99. The molecule has 2 aromatic rings. The number of nitrogens with one attached hydrogen (secondary N) is 2. The minimum atomic E-state index is -0.112. The van der Waals surface area contributed by atoms with E-state index in [1.807, 2.05) is 6.07 Å². The van der Waals surface area contributed by atoms with E-state index in [-0.39, 0.29) is 18.1 Å². The Morgan fingerprint density at radius 2 is 2.11 bits per heavy atom. The summed E-state index contributed by atoms with van der Waals surface area (Å²) in [6.45, 7) is 0. The summed E-state index contributed by atoms with van der Waals surface area (Å²) in [5, 5.41) is 19.0. The summed E-state index contributed by atoms with van der Waals surface area (Å²) in [5.41, 5.74) is 1.95. The minimum Gasteiger partial charge on any atom is -0.508 e. The van der Waals surface area contributed by atoms with Gasteiger partial charge in [0.05, 0.1) is 6.42 Å². The average molecular weight is 257 g/mol. The van der Waals surface area contributed by atoms with Crippen molar-refractivity contribution in [1.82, 2.24) is 10.2 Å². The van der Waals surface area contributed by atoms with Gasteiger partial charge >= 0.3 is 0 Å². The van der Waals surface area contributed by atoms with Gasteiger partial charge in [-0.15, -0.1) is 0 Å². The number of carbonyl (C=O) groups is 1. The third kappa shape index (κ3) is 2.93. The van der Waals surface area contributed by atoms with Gasteiger partial charge in [-0.1, -0.05) is 12.1 Å². The first-order valence-electron chi connectivity index (χ1n) is 6.34. The number of hydrogen-bond acceptors (Lipinski definition) is 3. The molecule has 19 heavy (non-hydrogen) atoms. The van der Waals surface area contributed by atoms with Crippen molar-refractivity contribution in [3.63, 3.8) is 0 Å². The number of aromatic amines is 1. The van der Waals surface area contributed by atoms with Crippen molar-refractivity contribution in [3.05, 3.63) is 41.6 Å². The molecule has 3 N–H and O–H groups in total. The molecule has 1 amide bonds. The maximum absolute atomic E-state index is 11.8. The number of aromatic hydroxyl groups is 1. The summed E-state index contributed by atoms with van der Waals surface area (Å²) < 4.78 is 0. The Labute approximate surface area is 110 Å². The maximum Gasteiger partial charge on any atom is 0.229 e. The standard InChI is InChI=1S/C14H15N3O2/c18-11-5-1-9(2-6-11)7-14(19)15-13-8-12(16-17-13)10-3-4-10/h1-2,5-6,8,10,18H,3-4,7H2,(H2,15,16,17,19). The maximum atomic E-state index is 11.8. The van der Waals surface area contributed by atoms with E-state index in [0.717, 1.165) is 11.3 Å². The lowest BCUT2D eigenvalue weighted by Crippen LogP contribution is -2.14. The molecule has 1 aliphatic rings. The van der Waals surface area contributed by atoms with Crippen LogP contribution in [0.5, 0.6) is 5.75 Å². The highest BCUT2D eigenvalue weighted by Crippen LogP contribution is 2.39. The molecule has 0 aliphatic heterocycles. The molecule has 0 spiro atoms. The Morgan fingerprint density at radius 3 is 2.79 bits per heavy atom. The number of phenols is 1. The number of benzene rings is 1. The molecular formula is C14H15N3O2. The van der Waals surface area contributed by atoms with Crippen LogP contribution >= 0.6 is 0 Å². The van der Waals surface area contributed by atoms with Gasteiger partial charge in [0.1, 0.15) is 5.75 Å². The number of anilines is 1.